The Bertz CT molecular complexity index is 1730. The van der Waals surface area contributed by atoms with Crippen LogP contribution in [0, 0.1) is 13.8 Å². The zero-order valence-electron chi connectivity index (χ0n) is 24.5. The predicted molar refractivity (Wildman–Crippen MR) is 169 cm³/mol. The number of hydrogen-bond acceptors (Lipinski definition) is 7. The van der Waals surface area contributed by atoms with Gasteiger partial charge in [0.15, 0.2) is 0 Å². The summed E-state index contributed by atoms with van der Waals surface area (Å²) in [6, 6.07) is 13.5. The van der Waals surface area contributed by atoms with Crippen LogP contribution in [-0.4, -0.2) is 76.6 Å². The fraction of sp³-hybridized carbons (Fsp3) is 0.375. The van der Waals surface area contributed by atoms with Gasteiger partial charge in [-0.15, -0.1) is 0 Å². The predicted octanol–water partition coefficient (Wildman–Crippen LogP) is 5.02. The summed E-state index contributed by atoms with van der Waals surface area (Å²) in [7, 11) is 2.16. The standard InChI is InChI=1S/C32H36ClN7O2/c1-20-17-23(9-10-28(20)38-15-13-37(4)14-16-38)35-32-34-18-26-21(2)29(25-7-5-6-8-27(25)33)31(42)40(30(26)36-32)24-11-12-39(19-24)22(3)41/h5-10,17-18,24H,11-16,19H2,1-4H3,(H,34,35,36)/t24-/m1/s1. The van der Waals surface area contributed by atoms with Crippen molar-refractivity contribution in [2.45, 2.75) is 33.2 Å². The molecule has 1 amide bonds. The second-order valence-electron chi connectivity index (χ2n) is 11.4. The molecule has 2 aromatic heterocycles. The van der Waals surface area contributed by atoms with E-state index in [1.54, 1.807) is 28.7 Å². The van der Waals surface area contributed by atoms with Crippen molar-refractivity contribution in [1.29, 1.82) is 0 Å². The summed E-state index contributed by atoms with van der Waals surface area (Å²) in [5.41, 5.74) is 5.67. The van der Waals surface area contributed by atoms with Gasteiger partial charge in [-0.05, 0) is 62.7 Å². The van der Waals surface area contributed by atoms with Gasteiger partial charge in [0.2, 0.25) is 11.9 Å². The van der Waals surface area contributed by atoms with Crippen molar-refractivity contribution in [1.82, 2.24) is 24.3 Å². The Hall–Kier alpha value is -3.95. The molecule has 2 fully saturated rings. The van der Waals surface area contributed by atoms with E-state index in [0.717, 1.165) is 42.8 Å². The number of rotatable bonds is 5. The molecule has 0 radical (unpaired) electrons. The Labute approximate surface area is 250 Å². The maximum Gasteiger partial charge on any atom is 0.260 e. The molecule has 2 saturated heterocycles. The van der Waals surface area contributed by atoms with Gasteiger partial charge in [0, 0.05) is 79.7 Å². The van der Waals surface area contributed by atoms with E-state index in [2.05, 4.69) is 52.3 Å². The van der Waals surface area contributed by atoms with E-state index in [1.807, 2.05) is 25.1 Å². The highest BCUT2D eigenvalue weighted by Crippen LogP contribution is 2.34. The van der Waals surface area contributed by atoms with Crippen LogP contribution in [-0.2, 0) is 4.79 Å². The van der Waals surface area contributed by atoms with E-state index in [1.165, 1.54) is 11.3 Å². The molecule has 0 unspecified atom stereocenters. The molecular formula is C32H36ClN7O2. The summed E-state index contributed by atoms with van der Waals surface area (Å²) >= 11 is 6.58. The number of hydrogen-bond donors (Lipinski definition) is 1. The minimum atomic E-state index is -0.210. The zero-order valence-corrected chi connectivity index (χ0v) is 25.3. The van der Waals surface area contributed by atoms with Crippen molar-refractivity contribution in [3.63, 3.8) is 0 Å². The Morgan fingerprint density at radius 2 is 1.81 bits per heavy atom. The van der Waals surface area contributed by atoms with Gasteiger partial charge in [-0.3, -0.25) is 14.2 Å². The topological polar surface area (TPSA) is 86.6 Å². The number of pyridine rings is 1. The molecule has 0 aliphatic carbocycles. The Balaban J connectivity index is 1.41. The number of nitrogens with zero attached hydrogens (tertiary/aromatic N) is 6. The number of piperazine rings is 1. The molecule has 42 heavy (non-hydrogen) atoms. The van der Waals surface area contributed by atoms with Gasteiger partial charge in [-0.25, -0.2) is 4.98 Å². The third-order valence-electron chi connectivity index (χ3n) is 8.62. The molecule has 0 saturated carbocycles. The molecule has 2 aliphatic heterocycles. The number of carbonyl (C=O) groups is 1. The summed E-state index contributed by atoms with van der Waals surface area (Å²) in [4.78, 5) is 42.5. The quantitative estimate of drug-likeness (QED) is 0.352. The molecule has 218 valence electrons. The lowest BCUT2D eigenvalue weighted by molar-refractivity contribution is -0.127. The lowest BCUT2D eigenvalue weighted by Gasteiger charge is -2.35. The third-order valence-corrected chi connectivity index (χ3v) is 8.95. The van der Waals surface area contributed by atoms with Crippen molar-refractivity contribution >= 4 is 45.9 Å². The van der Waals surface area contributed by atoms with Gasteiger partial charge in [-0.2, -0.15) is 4.98 Å². The van der Waals surface area contributed by atoms with Gasteiger partial charge >= 0.3 is 0 Å². The van der Waals surface area contributed by atoms with Gasteiger partial charge < -0.3 is 20.0 Å². The summed E-state index contributed by atoms with van der Waals surface area (Å²) in [6.45, 7) is 10.8. The van der Waals surface area contributed by atoms with Crippen molar-refractivity contribution in [2.24, 2.45) is 0 Å². The number of anilines is 3. The first-order chi connectivity index (χ1) is 20.2. The van der Waals surface area contributed by atoms with Crippen molar-refractivity contribution < 1.29 is 4.79 Å². The average molecular weight is 586 g/mol. The lowest BCUT2D eigenvalue weighted by atomic mass is 9.99. The SMILES string of the molecule is CC(=O)N1CC[C@@H](n2c(=O)c(-c3ccccc3Cl)c(C)c3cnc(Nc4ccc(N5CCN(C)CC5)c(C)c4)nc32)C1. The first-order valence-electron chi connectivity index (χ1n) is 14.4. The number of aryl methyl sites for hydroxylation is 2. The van der Waals surface area contributed by atoms with Crippen LogP contribution in [0.5, 0.6) is 0 Å². The molecule has 10 heteroatoms. The normalized spacial score (nSPS) is 17.7. The molecule has 1 atom stereocenters. The lowest BCUT2D eigenvalue weighted by Crippen LogP contribution is -2.44. The van der Waals surface area contributed by atoms with E-state index in [0.29, 0.717) is 47.3 Å². The van der Waals surface area contributed by atoms with E-state index < -0.39 is 0 Å². The third kappa shape index (κ3) is 5.23. The molecule has 4 heterocycles. The van der Waals surface area contributed by atoms with Crippen LogP contribution in [0.4, 0.5) is 17.3 Å². The number of likely N-dealkylation sites (N-methyl/N-ethyl adjacent to an activating group) is 1. The van der Waals surface area contributed by atoms with Crippen LogP contribution in [0.15, 0.2) is 53.5 Å². The van der Waals surface area contributed by atoms with Crippen molar-refractivity contribution in [3.8, 4) is 11.1 Å². The summed E-state index contributed by atoms with van der Waals surface area (Å²) in [5.74, 6) is 0.411. The van der Waals surface area contributed by atoms with Gasteiger partial charge in [0.25, 0.3) is 5.56 Å². The van der Waals surface area contributed by atoms with Crippen LogP contribution < -0.4 is 15.8 Å². The van der Waals surface area contributed by atoms with Gasteiger partial charge in [0.05, 0.1) is 11.6 Å². The molecule has 6 rings (SSSR count). The maximum atomic E-state index is 14.3. The smallest absolute Gasteiger partial charge is 0.260 e. The highest BCUT2D eigenvalue weighted by atomic mass is 35.5. The highest BCUT2D eigenvalue weighted by Gasteiger charge is 2.30. The van der Waals surface area contributed by atoms with E-state index in [4.69, 9.17) is 16.6 Å². The number of aromatic nitrogens is 3. The summed E-state index contributed by atoms with van der Waals surface area (Å²) in [6.07, 6.45) is 2.44. The van der Waals surface area contributed by atoms with Crippen molar-refractivity contribution in [2.75, 3.05) is 56.5 Å². The Morgan fingerprint density at radius 3 is 2.50 bits per heavy atom. The average Bonchev–Trinajstić information content (AvgIpc) is 3.45. The Kier molecular flexibility index (Phi) is 7.64. The maximum absolute atomic E-state index is 14.3. The number of halogens is 1. The molecule has 0 spiro atoms. The number of benzene rings is 2. The van der Waals surface area contributed by atoms with E-state index >= 15 is 0 Å². The zero-order chi connectivity index (χ0) is 29.5. The second-order valence-corrected chi connectivity index (χ2v) is 11.8. The van der Waals surface area contributed by atoms with Crippen LogP contribution in [0.3, 0.4) is 0 Å². The van der Waals surface area contributed by atoms with Crippen molar-refractivity contribution in [3.05, 3.63) is 75.2 Å². The van der Waals surface area contributed by atoms with E-state index in [9.17, 15) is 9.59 Å². The molecular weight excluding hydrogens is 550 g/mol. The molecule has 0 bridgehead atoms. The molecule has 2 aromatic carbocycles. The summed E-state index contributed by atoms with van der Waals surface area (Å²) in [5, 5.41) is 4.65. The summed E-state index contributed by atoms with van der Waals surface area (Å²) < 4.78 is 1.75. The Morgan fingerprint density at radius 1 is 1.05 bits per heavy atom. The highest BCUT2D eigenvalue weighted by molar-refractivity contribution is 6.33. The van der Waals surface area contributed by atoms with Crippen LogP contribution >= 0.6 is 11.6 Å². The molecule has 2 aliphatic rings. The minimum Gasteiger partial charge on any atom is -0.369 e. The monoisotopic (exact) mass is 585 g/mol. The number of fused-ring (bicyclic) bond motifs is 1. The molecule has 4 aromatic rings. The number of carbonyl (C=O) groups excluding carboxylic acids is 1. The second kappa shape index (κ2) is 11.4. The number of nitrogens with one attached hydrogen (secondary N) is 1. The van der Waals surface area contributed by atoms with Gasteiger partial charge in [-0.1, -0.05) is 29.8 Å². The fourth-order valence-corrected chi connectivity index (χ4v) is 6.45. The van der Waals surface area contributed by atoms with E-state index in [-0.39, 0.29) is 17.5 Å². The largest absolute Gasteiger partial charge is 0.369 e. The first kappa shape index (κ1) is 28.2. The fourth-order valence-electron chi connectivity index (χ4n) is 6.22. The number of likely N-dealkylation sites (tertiary alicyclic amines) is 1. The molecule has 1 N–H and O–H groups in total. The van der Waals surface area contributed by atoms with Gasteiger partial charge in [0.1, 0.15) is 5.65 Å². The molecule has 9 nitrogen and oxygen atoms in total. The minimum absolute atomic E-state index is 0.000616. The first-order valence-corrected chi connectivity index (χ1v) is 14.8. The number of amides is 1. The van der Waals surface area contributed by atoms with Crippen LogP contribution in [0.25, 0.3) is 22.2 Å². The van der Waals surface area contributed by atoms with Crippen LogP contribution in [0.1, 0.15) is 30.5 Å². The van der Waals surface area contributed by atoms with Crippen LogP contribution in [0.2, 0.25) is 5.02 Å².